The molecule has 2 N–H and O–H groups in total. The van der Waals surface area contributed by atoms with E-state index in [0.29, 0.717) is 6.54 Å². The van der Waals surface area contributed by atoms with E-state index in [1.165, 1.54) is 16.8 Å². The number of likely N-dealkylation sites (N-methyl/N-ethyl adjacent to an activating group) is 2. The first-order valence-corrected chi connectivity index (χ1v) is 6.20. The van der Waals surface area contributed by atoms with Crippen LogP contribution in [0.25, 0.3) is 0 Å². The van der Waals surface area contributed by atoms with Crippen LogP contribution in [0.1, 0.15) is 11.1 Å². The highest BCUT2D eigenvalue weighted by Gasteiger charge is 2.07. The summed E-state index contributed by atoms with van der Waals surface area (Å²) in [5.74, 6) is 0. The minimum Gasteiger partial charge on any atom is -0.373 e. The molecule has 0 aliphatic heterocycles. The van der Waals surface area contributed by atoms with E-state index in [-0.39, 0.29) is 0 Å². The molecule has 17 heavy (non-hydrogen) atoms. The smallest absolute Gasteiger partial charge is 0.0397 e. The van der Waals surface area contributed by atoms with Gasteiger partial charge in [-0.25, -0.2) is 0 Å². The van der Waals surface area contributed by atoms with Crippen molar-refractivity contribution in [2.24, 2.45) is 5.73 Å². The van der Waals surface area contributed by atoms with Gasteiger partial charge in [-0.3, -0.25) is 0 Å². The van der Waals surface area contributed by atoms with Gasteiger partial charge in [-0.1, -0.05) is 17.7 Å². The van der Waals surface area contributed by atoms with Gasteiger partial charge in [-0.15, -0.1) is 0 Å². The molecule has 0 aliphatic carbocycles. The summed E-state index contributed by atoms with van der Waals surface area (Å²) in [5, 5.41) is 0. The van der Waals surface area contributed by atoms with Gasteiger partial charge in [0.15, 0.2) is 0 Å². The van der Waals surface area contributed by atoms with Crippen LogP contribution in [0.3, 0.4) is 0 Å². The minimum absolute atomic E-state index is 0.706. The molecule has 3 heteroatoms. The Morgan fingerprint density at radius 2 is 1.82 bits per heavy atom. The fourth-order valence-electron chi connectivity index (χ4n) is 1.91. The zero-order valence-corrected chi connectivity index (χ0v) is 11.5. The molecule has 0 heterocycles. The second-order valence-corrected chi connectivity index (χ2v) is 4.90. The van der Waals surface area contributed by atoms with Crippen molar-refractivity contribution in [2.45, 2.75) is 13.3 Å². The van der Waals surface area contributed by atoms with Gasteiger partial charge in [0, 0.05) is 25.8 Å². The zero-order valence-electron chi connectivity index (χ0n) is 11.5. The van der Waals surface area contributed by atoms with Crippen LogP contribution in [-0.4, -0.2) is 45.7 Å². The van der Waals surface area contributed by atoms with Crippen molar-refractivity contribution in [2.75, 3.05) is 45.7 Å². The average molecular weight is 235 g/mol. The summed E-state index contributed by atoms with van der Waals surface area (Å²) in [5.41, 5.74) is 9.64. The summed E-state index contributed by atoms with van der Waals surface area (Å²) in [6.07, 6.45) is 0.948. The van der Waals surface area contributed by atoms with Gasteiger partial charge in [-0.2, -0.15) is 0 Å². The zero-order chi connectivity index (χ0) is 12.8. The molecule has 96 valence electrons. The molecule has 0 aromatic heterocycles. The van der Waals surface area contributed by atoms with Gasteiger partial charge in [-0.05, 0) is 45.6 Å². The van der Waals surface area contributed by atoms with Crippen molar-refractivity contribution in [3.8, 4) is 0 Å². The number of aryl methyl sites for hydroxylation is 1. The molecule has 0 atom stereocenters. The van der Waals surface area contributed by atoms with Gasteiger partial charge in [0.05, 0.1) is 0 Å². The van der Waals surface area contributed by atoms with Crippen LogP contribution in [0.2, 0.25) is 0 Å². The van der Waals surface area contributed by atoms with Gasteiger partial charge in [0.1, 0.15) is 0 Å². The fraction of sp³-hybridized carbons (Fsp3) is 0.571. The van der Waals surface area contributed by atoms with Crippen LogP contribution in [0.4, 0.5) is 5.69 Å². The standard InChI is InChI=1S/C14H25N3/c1-12-5-6-14(13(11-12)7-8-15)17(4)10-9-16(2)3/h5-6,11H,7-10,15H2,1-4H3. The monoisotopic (exact) mass is 235 g/mol. The summed E-state index contributed by atoms with van der Waals surface area (Å²) in [6, 6.07) is 6.62. The molecule has 0 unspecified atom stereocenters. The molecule has 1 rings (SSSR count). The molecule has 0 bridgehead atoms. The maximum Gasteiger partial charge on any atom is 0.0397 e. The fourth-order valence-corrected chi connectivity index (χ4v) is 1.91. The van der Waals surface area contributed by atoms with Crippen LogP contribution in [0.5, 0.6) is 0 Å². The third-order valence-corrected chi connectivity index (χ3v) is 2.94. The van der Waals surface area contributed by atoms with E-state index in [2.05, 4.69) is 56.1 Å². The molecule has 0 saturated heterocycles. The second-order valence-electron chi connectivity index (χ2n) is 4.90. The Labute approximate surface area is 105 Å². The van der Waals surface area contributed by atoms with Crippen molar-refractivity contribution < 1.29 is 0 Å². The molecule has 3 nitrogen and oxygen atoms in total. The lowest BCUT2D eigenvalue weighted by atomic mass is 10.1. The summed E-state index contributed by atoms with van der Waals surface area (Å²) in [4.78, 5) is 4.51. The van der Waals surface area contributed by atoms with Gasteiger partial charge >= 0.3 is 0 Å². The molecule has 0 fully saturated rings. The molecule has 1 aromatic rings. The molecule has 0 spiro atoms. The molecule has 1 aromatic carbocycles. The predicted octanol–water partition coefficient (Wildman–Crippen LogP) is 1.49. The highest BCUT2D eigenvalue weighted by molar-refractivity contribution is 5.54. The number of rotatable bonds is 6. The van der Waals surface area contributed by atoms with Crippen LogP contribution in [0, 0.1) is 6.92 Å². The van der Waals surface area contributed by atoms with Crippen molar-refractivity contribution in [1.29, 1.82) is 0 Å². The Hall–Kier alpha value is -1.06. The van der Waals surface area contributed by atoms with E-state index in [0.717, 1.165) is 19.5 Å². The van der Waals surface area contributed by atoms with Gasteiger partial charge in [0.2, 0.25) is 0 Å². The normalized spacial score (nSPS) is 10.9. The Bertz CT molecular complexity index is 347. The van der Waals surface area contributed by atoms with E-state index in [4.69, 9.17) is 5.73 Å². The van der Waals surface area contributed by atoms with Crippen LogP contribution in [-0.2, 0) is 6.42 Å². The lowest BCUT2D eigenvalue weighted by Gasteiger charge is -2.24. The quantitative estimate of drug-likeness (QED) is 0.811. The Balaban J connectivity index is 2.80. The number of nitrogens with two attached hydrogens (primary N) is 1. The van der Waals surface area contributed by atoms with E-state index in [1.807, 2.05) is 0 Å². The highest BCUT2D eigenvalue weighted by Crippen LogP contribution is 2.21. The van der Waals surface area contributed by atoms with Crippen molar-refractivity contribution in [1.82, 2.24) is 4.90 Å². The Morgan fingerprint density at radius 1 is 1.12 bits per heavy atom. The maximum absolute atomic E-state index is 5.68. The number of anilines is 1. The van der Waals surface area contributed by atoms with Crippen molar-refractivity contribution in [3.05, 3.63) is 29.3 Å². The van der Waals surface area contributed by atoms with Crippen molar-refractivity contribution in [3.63, 3.8) is 0 Å². The lowest BCUT2D eigenvalue weighted by molar-refractivity contribution is 0.416. The summed E-state index contributed by atoms with van der Waals surface area (Å²) < 4.78 is 0. The van der Waals surface area contributed by atoms with Gasteiger partial charge in [0.25, 0.3) is 0 Å². The van der Waals surface area contributed by atoms with E-state index < -0.39 is 0 Å². The Kier molecular flexibility index (Phi) is 5.45. The topological polar surface area (TPSA) is 32.5 Å². The first kappa shape index (κ1) is 14.0. The third kappa shape index (κ3) is 4.36. The maximum atomic E-state index is 5.68. The average Bonchev–Trinajstić information content (AvgIpc) is 2.26. The van der Waals surface area contributed by atoms with E-state index in [9.17, 15) is 0 Å². The molecular formula is C14H25N3. The minimum atomic E-state index is 0.706. The molecule has 0 radical (unpaired) electrons. The highest BCUT2D eigenvalue weighted by atomic mass is 15.2. The largest absolute Gasteiger partial charge is 0.373 e. The molecule has 0 saturated carbocycles. The van der Waals surface area contributed by atoms with E-state index >= 15 is 0 Å². The molecular weight excluding hydrogens is 210 g/mol. The molecule has 0 amide bonds. The second kappa shape index (κ2) is 6.62. The SMILES string of the molecule is Cc1ccc(N(C)CCN(C)C)c(CCN)c1. The van der Waals surface area contributed by atoms with Crippen LogP contribution >= 0.6 is 0 Å². The summed E-state index contributed by atoms with van der Waals surface area (Å²) >= 11 is 0. The number of hydrogen-bond acceptors (Lipinski definition) is 3. The van der Waals surface area contributed by atoms with Crippen molar-refractivity contribution >= 4 is 5.69 Å². The number of hydrogen-bond donors (Lipinski definition) is 1. The predicted molar refractivity (Wildman–Crippen MR) is 75.8 cm³/mol. The summed E-state index contributed by atoms with van der Waals surface area (Å²) in [7, 11) is 6.35. The van der Waals surface area contributed by atoms with E-state index in [1.54, 1.807) is 0 Å². The van der Waals surface area contributed by atoms with Crippen LogP contribution < -0.4 is 10.6 Å². The Morgan fingerprint density at radius 3 is 2.41 bits per heavy atom. The van der Waals surface area contributed by atoms with Crippen LogP contribution in [0.15, 0.2) is 18.2 Å². The number of nitrogens with zero attached hydrogens (tertiary/aromatic N) is 2. The molecule has 0 aliphatic rings. The van der Waals surface area contributed by atoms with Gasteiger partial charge < -0.3 is 15.5 Å². The summed E-state index contributed by atoms with van der Waals surface area (Å²) in [6.45, 7) is 4.93. The first-order valence-electron chi connectivity index (χ1n) is 6.20. The number of benzene rings is 1. The lowest BCUT2D eigenvalue weighted by Crippen LogP contribution is -2.29. The first-order chi connectivity index (χ1) is 8.04. The third-order valence-electron chi connectivity index (χ3n) is 2.94.